The minimum Gasteiger partial charge on any atom is -0.192 e. The van der Waals surface area contributed by atoms with E-state index in [1.54, 1.807) is 0 Å². The van der Waals surface area contributed by atoms with Crippen LogP contribution in [0, 0.1) is 11.3 Å². The molecule has 2 aromatic carbocycles. The lowest BCUT2D eigenvalue weighted by atomic mass is 10.0. The van der Waals surface area contributed by atoms with E-state index >= 15 is 0 Å². The van der Waals surface area contributed by atoms with Crippen molar-refractivity contribution in [3.05, 3.63) is 70.7 Å². The molecule has 0 aliphatic rings. The standard InChI is InChI=1S/C15H10ClN/c16-15-8-6-12(7-9-15)10-14(11-17)13-4-2-1-3-5-13/h1-10H/b14-10-. The Balaban J connectivity index is 2.37. The first kappa shape index (κ1) is 11.4. The lowest BCUT2D eigenvalue weighted by molar-refractivity contribution is 1.52. The van der Waals surface area contributed by atoms with E-state index in [2.05, 4.69) is 6.07 Å². The molecule has 0 aliphatic heterocycles. The maximum absolute atomic E-state index is 9.15. The second-order valence-corrected chi connectivity index (χ2v) is 4.02. The summed E-state index contributed by atoms with van der Waals surface area (Å²) in [5.74, 6) is 0. The third-order valence-corrected chi connectivity index (χ3v) is 2.64. The molecular weight excluding hydrogens is 230 g/mol. The molecule has 2 aromatic rings. The number of allylic oxidation sites excluding steroid dienone is 1. The van der Waals surface area contributed by atoms with E-state index in [1.807, 2.05) is 60.7 Å². The summed E-state index contributed by atoms with van der Waals surface area (Å²) in [5.41, 5.74) is 2.53. The summed E-state index contributed by atoms with van der Waals surface area (Å²) < 4.78 is 0. The Morgan fingerprint density at radius 1 is 1.00 bits per heavy atom. The molecule has 0 unspecified atom stereocenters. The predicted molar refractivity (Wildman–Crippen MR) is 71.4 cm³/mol. The molecular formula is C15H10ClN. The zero-order valence-corrected chi connectivity index (χ0v) is 9.85. The molecule has 2 rings (SSSR count). The molecule has 2 heteroatoms. The van der Waals surface area contributed by atoms with Crippen LogP contribution >= 0.6 is 11.6 Å². The number of nitriles is 1. The van der Waals surface area contributed by atoms with Gasteiger partial charge in [0.15, 0.2) is 0 Å². The summed E-state index contributed by atoms with van der Waals surface area (Å²) in [6.07, 6.45) is 1.85. The maximum atomic E-state index is 9.15. The number of halogens is 1. The first-order valence-corrected chi connectivity index (χ1v) is 5.60. The molecule has 1 nitrogen and oxygen atoms in total. The summed E-state index contributed by atoms with van der Waals surface area (Å²) in [7, 11) is 0. The van der Waals surface area contributed by atoms with E-state index in [1.165, 1.54) is 0 Å². The average Bonchev–Trinajstić information content (AvgIpc) is 2.39. The summed E-state index contributed by atoms with van der Waals surface area (Å²) in [6.45, 7) is 0. The van der Waals surface area contributed by atoms with Crippen molar-refractivity contribution in [1.29, 1.82) is 5.26 Å². The second-order valence-electron chi connectivity index (χ2n) is 3.59. The van der Waals surface area contributed by atoms with Crippen LogP contribution in [0.2, 0.25) is 5.02 Å². The summed E-state index contributed by atoms with van der Waals surface area (Å²) >= 11 is 5.81. The van der Waals surface area contributed by atoms with Gasteiger partial charge in [0.25, 0.3) is 0 Å². The fourth-order valence-electron chi connectivity index (χ4n) is 1.52. The van der Waals surface area contributed by atoms with Gasteiger partial charge in [0.05, 0.1) is 11.6 Å². The Bertz CT molecular complexity index is 562. The maximum Gasteiger partial charge on any atom is 0.0998 e. The molecule has 0 heterocycles. The predicted octanol–water partition coefficient (Wildman–Crippen LogP) is 4.40. The largest absolute Gasteiger partial charge is 0.192 e. The Labute approximate surface area is 106 Å². The SMILES string of the molecule is N#C/C(=C/c1ccc(Cl)cc1)c1ccccc1. The number of hydrogen-bond donors (Lipinski definition) is 0. The number of benzene rings is 2. The Kier molecular flexibility index (Phi) is 3.59. The van der Waals surface area contributed by atoms with Crippen LogP contribution < -0.4 is 0 Å². The van der Waals surface area contributed by atoms with E-state index < -0.39 is 0 Å². The fourth-order valence-corrected chi connectivity index (χ4v) is 1.65. The van der Waals surface area contributed by atoms with Crippen LogP contribution in [0.3, 0.4) is 0 Å². The van der Waals surface area contributed by atoms with Gasteiger partial charge in [-0.2, -0.15) is 5.26 Å². The van der Waals surface area contributed by atoms with E-state index in [-0.39, 0.29) is 0 Å². The van der Waals surface area contributed by atoms with Crippen molar-refractivity contribution < 1.29 is 0 Å². The molecule has 0 fully saturated rings. The van der Waals surface area contributed by atoms with Gasteiger partial charge in [0, 0.05) is 5.02 Å². The van der Waals surface area contributed by atoms with Crippen molar-refractivity contribution in [2.45, 2.75) is 0 Å². The first-order chi connectivity index (χ1) is 8.29. The molecule has 0 N–H and O–H groups in total. The highest BCUT2D eigenvalue weighted by molar-refractivity contribution is 6.30. The molecule has 0 bridgehead atoms. The highest BCUT2D eigenvalue weighted by atomic mass is 35.5. The van der Waals surface area contributed by atoms with Gasteiger partial charge in [-0.05, 0) is 29.3 Å². The van der Waals surface area contributed by atoms with Crippen molar-refractivity contribution in [2.24, 2.45) is 0 Å². The Morgan fingerprint density at radius 2 is 1.65 bits per heavy atom. The van der Waals surface area contributed by atoms with Crippen LogP contribution in [0.15, 0.2) is 54.6 Å². The van der Waals surface area contributed by atoms with Crippen LogP contribution in [0.4, 0.5) is 0 Å². The lowest BCUT2D eigenvalue weighted by Gasteiger charge is -1.99. The number of hydrogen-bond acceptors (Lipinski definition) is 1. The summed E-state index contributed by atoms with van der Waals surface area (Å²) in [6, 6.07) is 19.2. The fraction of sp³-hybridized carbons (Fsp3) is 0. The van der Waals surface area contributed by atoms with Gasteiger partial charge >= 0.3 is 0 Å². The van der Waals surface area contributed by atoms with Crippen molar-refractivity contribution in [2.75, 3.05) is 0 Å². The van der Waals surface area contributed by atoms with Crippen molar-refractivity contribution in [1.82, 2.24) is 0 Å². The number of rotatable bonds is 2. The monoisotopic (exact) mass is 239 g/mol. The average molecular weight is 240 g/mol. The summed E-state index contributed by atoms with van der Waals surface area (Å²) in [4.78, 5) is 0. The van der Waals surface area contributed by atoms with Gasteiger partial charge in [-0.3, -0.25) is 0 Å². The normalized spacial score (nSPS) is 10.9. The third kappa shape index (κ3) is 2.96. The van der Waals surface area contributed by atoms with Gasteiger partial charge in [-0.1, -0.05) is 54.1 Å². The van der Waals surface area contributed by atoms with Gasteiger partial charge in [-0.25, -0.2) is 0 Å². The minimum atomic E-state index is 0.646. The second kappa shape index (κ2) is 5.34. The topological polar surface area (TPSA) is 23.8 Å². The first-order valence-electron chi connectivity index (χ1n) is 5.22. The molecule has 82 valence electrons. The van der Waals surface area contributed by atoms with Crippen molar-refractivity contribution in [3.8, 4) is 6.07 Å². The van der Waals surface area contributed by atoms with Crippen LogP contribution in [-0.4, -0.2) is 0 Å². The molecule has 0 saturated heterocycles. The molecule has 0 radical (unpaired) electrons. The van der Waals surface area contributed by atoms with Gasteiger partial charge in [0.1, 0.15) is 0 Å². The minimum absolute atomic E-state index is 0.646. The summed E-state index contributed by atoms with van der Waals surface area (Å²) in [5, 5.41) is 9.85. The molecule has 0 amide bonds. The number of nitrogens with zero attached hydrogens (tertiary/aromatic N) is 1. The van der Waals surface area contributed by atoms with E-state index in [0.717, 1.165) is 11.1 Å². The molecule has 0 saturated carbocycles. The molecule has 0 atom stereocenters. The smallest absolute Gasteiger partial charge is 0.0998 e. The van der Waals surface area contributed by atoms with E-state index in [0.29, 0.717) is 10.6 Å². The Hall–Kier alpha value is -2.04. The quantitative estimate of drug-likeness (QED) is 0.563. The molecule has 0 aliphatic carbocycles. The van der Waals surface area contributed by atoms with Crippen molar-refractivity contribution in [3.63, 3.8) is 0 Å². The zero-order valence-electron chi connectivity index (χ0n) is 9.10. The molecule has 0 spiro atoms. The van der Waals surface area contributed by atoms with Crippen LogP contribution in [-0.2, 0) is 0 Å². The Morgan fingerprint density at radius 3 is 2.24 bits per heavy atom. The zero-order chi connectivity index (χ0) is 12.1. The lowest BCUT2D eigenvalue weighted by Crippen LogP contribution is -1.81. The molecule has 0 aromatic heterocycles. The third-order valence-electron chi connectivity index (χ3n) is 2.39. The highest BCUT2D eigenvalue weighted by Gasteiger charge is 1.99. The van der Waals surface area contributed by atoms with Gasteiger partial charge in [-0.15, -0.1) is 0 Å². The van der Waals surface area contributed by atoms with Gasteiger partial charge < -0.3 is 0 Å². The van der Waals surface area contributed by atoms with E-state index in [4.69, 9.17) is 16.9 Å². The van der Waals surface area contributed by atoms with Crippen molar-refractivity contribution >= 4 is 23.3 Å². The van der Waals surface area contributed by atoms with Crippen LogP contribution in [0.1, 0.15) is 11.1 Å². The molecule has 17 heavy (non-hydrogen) atoms. The highest BCUT2D eigenvalue weighted by Crippen LogP contribution is 2.18. The van der Waals surface area contributed by atoms with Crippen LogP contribution in [0.25, 0.3) is 11.6 Å². The van der Waals surface area contributed by atoms with Crippen LogP contribution in [0.5, 0.6) is 0 Å². The van der Waals surface area contributed by atoms with Gasteiger partial charge in [0.2, 0.25) is 0 Å². The van der Waals surface area contributed by atoms with E-state index in [9.17, 15) is 0 Å².